The number of nitrogens with one attached hydrogen (secondary N) is 1. The van der Waals surface area contributed by atoms with Gasteiger partial charge >= 0.3 is 0 Å². The number of nitrogens with zero attached hydrogens (tertiary/aromatic N) is 2. The van der Waals surface area contributed by atoms with E-state index in [9.17, 15) is 13.2 Å². The highest BCUT2D eigenvalue weighted by atomic mass is 32.2. The second kappa shape index (κ2) is 9.31. The number of para-hydroxylation sites is 1. The van der Waals surface area contributed by atoms with E-state index in [1.54, 1.807) is 28.8 Å². The Labute approximate surface area is 188 Å². The van der Waals surface area contributed by atoms with Crippen molar-refractivity contribution in [1.29, 1.82) is 0 Å². The van der Waals surface area contributed by atoms with E-state index in [-0.39, 0.29) is 25.4 Å². The topological polar surface area (TPSA) is 92.5 Å². The molecule has 4 aromatic rings. The van der Waals surface area contributed by atoms with Crippen molar-refractivity contribution in [3.8, 4) is 10.8 Å². The average Bonchev–Trinajstić information content (AvgIpc) is 3.52. The molecule has 1 N–H and O–H groups in total. The Bertz CT molecular complexity index is 1240. The largest absolute Gasteiger partial charge is 0.457 e. The summed E-state index contributed by atoms with van der Waals surface area (Å²) in [6, 6.07) is 14.9. The summed E-state index contributed by atoms with van der Waals surface area (Å²) >= 11 is 2.74. The maximum absolute atomic E-state index is 12.4. The van der Waals surface area contributed by atoms with Crippen molar-refractivity contribution in [3.05, 3.63) is 59.7 Å². The summed E-state index contributed by atoms with van der Waals surface area (Å²) in [5, 5.41) is 5.34. The molecule has 4 rings (SSSR count). The SMILES string of the molecule is CN(CCCC(=O)NCc1ccc(-c2nc3ccccc3s2)o1)S(=O)(=O)c1cccs1. The fraction of sp³-hybridized carbons (Fsp3) is 0.238. The molecule has 7 nitrogen and oxygen atoms in total. The van der Waals surface area contributed by atoms with E-state index in [1.807, 2.05) is 36.4 Å². The van der Waals surface area contributed by atoms with E-state index >= 15 is 0 Å². The fourth-order valence-corrected chi connectivity index (χ4v) is 6.32. The van der Waals surface area contributed by atoms with Crippen LogP contribution in [0.1, 0.15) is 18.6 Å². The second-order valence-corrected chi connectivity index (χ2v) is 11.1. The van der Waals surface area contributed by atoms with E-state index in [2.05, 4.69) is 10.3 Å². The van der Waals surface area contributed by atoms with Gasteiger partial charge < -0.3 is 9.73 Å². The number of amides is 1. The predicted octanol–water partition coefficient (Wildman–Crippen LogP) is 4.33. The summed E-state index contributed by atoms with van der Waals surface area (Å²) in [6.07, 6.45) is 0.664. The number of rotatable bonds is 9. The van der Waals surface area contributed by atoms with Gasteiger partial charge in [0, 0.05) is 20.0 Å². The van der Waals surface area contributed by atoms with Gasteiger partial charge in [-0.1, -0.05) is 18.2 Å². The molecule has 0 aliphatic carbocycles. The van der Waals surface area contributed by atoms with E-state index in [4.69, 9.17) is 4.42 Å². The Morgan fingerprint density at radius 1 is 1.16 bits per heavy atom. The molecule has 0 bridgehead atoms. The van der Waals surface area contributed by atoms with Gasteiger partial charge in [0.2, 0.25) is 5.91 Å². The molecule has 0 unspecified atom stereocenters. The molecular weight excluding hydrogens is 454 g/mol. The Hall–Kier alpha value is -2.53. The number of thiophene rings is 1. The van der Waals surface area contributed by atoms with Crippen molar-refractivity contribution in [2.45, 2.75) is 23.6 Å². The number of sulfonamides is 1. The van der Waals surface area contributed by atoms with Crippen LogP contribution in [0.2, 0.25) is 0 Å². The first kappa shape index (κ1) is 21.7. The van der Waals surface area contributed by atoms with Crippen LogP contribution in [0.4, 0.5) is 0 Å². The molecule has 0 atom stereocenters. The van der Waals surface area contributed by atoms with E-state index < -0.39 is 10.0 Å². The minimum Gasteiger partial charge on any atom is -0.457 e. The first-order valence-electron chi connectivity index (χ1n) is 9.65. The monoisotopic (exact) mass is 475 g/mol. The Kier molecular flexibility index (Phi) is 6.51. The molecule has 0 saturated heterocycles. The number of carbonyl (C=O) groups excluding carboxylic acids is 1. The van der Waals surface area contributed by atoms with Crippen LogP contribution < -0.4 is 5.32 Å². The average molecular weight is 476 g/mol. The number of hydrogen-bond donors (Lipinski definition) is 1. The summed E-state index contributed by atoms with van der Waals surface area (Å²) in [5.41, 5.74) is 0.930. The van der Waals surface area contributed by atoms with E-state index in [0.717, 1.165) is 15.2 Å². The van der Waals surface area contributed by atoms with Crippen LogP contribution in [-0.2, 0) is 21.4 Å². The number of thiazole rings is 1. The highest BCUT2D eigenvalue weighted by molar-refractivity contribution is 7.91. The van der Waals surface area contributed by atoms with E-state index in [0.29, 0.717) is 22.2 Å². The smallest absolute Gasteiger partial charge is 0.252 e. The van der Waals surface area contributed by atoms with Crippen LogP contribution in [0.3, 0.4) is 0 Å². The fourth-order valence-electron chi connectivity index (χ4n) is 2.99. The zero-order chi connectivity index (χ0) is 21.8. The standard InChI is InChI=1S/C21H21N3O4S3/c1-24(31(26,27)20-9-5-13-29-20)12-4-8-19(25)22-14-15-10-11-17(28-15)21-23-16-6-2-3-7-18(16)30-21/h2-3,5-7,9-11,13H,4,8,12,14H2,1H3,(H,22,25). The molecule has 1 aromatic carbocycles. The normalized spacial score (nSPS) is 11.9. The van der Waals surface area contributed by atoms with Crippen LogP contribution in [0.25, 0.3) is 21.0 Å². The van der Waals surface area contributed by atoms with Gasteiger partial charge in [0.25, 0.3) is 10.0 Å². The lowest BCUT2D eigenvalue weighted by molar-refractivity contribution is -0.121. The first-order valence-corrected chi connectivity index (χ1v) is 12.8. The maximum Gasteiger partial charge on any atom is 0.252 e. The molecule has 0 radical (unpaired) electrons. The lowest BCUT2D eigenvalue weighted by Gasteiger charge is -2.15. The number of hydrogen-bond acceptors (Lipinski definition) is 7. The number of furan rings is 1. The molecule has 0 fully saturated rings. The van der Waals surface area contributed by atoms with Crippen LogP contribution in [0.15, 0.2) is 62.5 Å². The van der Waals surface area contributed by atoms with Crippen molar-refractivity contribution >= 4 is 48.8 Å². The van der Waals surface area contributed by atoms with Gasteiger partial charge in [0.15, 0.2) is 10.8 Å². The number of aromatic nitrogens is 1. The number of carbonyl (C=O) groups is 1. The highest BCUT2D eigenvalue weighted by Crippen LogP contribution is 2.31. The molecule has 3 aromatic heterocycles. The molecule has 0 saturated carbocycles. The first-order chi connectivity index (χ1) is 14.9. The van der Waals surface area contributed by atoms with Crippen molar-refractivity contribution in [2.24, 2.45) is 0 Å². The maximum atomic E-state index is 12.4. The molecule has 1 amide bonds. The third-order valence-corrected chi connectivity index (χ3v) is 8.94. The molecule has 10 heteroatoms. The van der Waals surface area contributed by atoms with Gasteiger partial charge in [0.1, 0.15) is 9.97 Å². The van der Waals surface area contributed by atoms with Gasteiger partial charge in [-0.15, -0.1) is 22.7 Å². The van der Waals surface area contributed by atoms with Crippen LogP contribution >= 0.6 is 22.7 Å². The summed E-state index contributed by atoms with van der Waals surface area (Å²) in [7, 11) is -1.95. The zero-order valence-corrected chi connectivity index (χ0v) is 19.2. The highest BCUT2D eigenvalue weighted by Gasteiger charge is 2.21. The second-order valence-electron chi connectivity index (χ2n) is 6.89. The Balaban J connectivity index is 1.25. The minimum absolute atomic E-state index is 0.153. The molecular formula is C21H21N3O4S3. The van der Waals surface area contributed by atoms with Gasteiger partial charge in [0.05, 0.1) is 16.8 Å². The van der Waals surface area contributed by atoms with Gasteiger partial charge in [-0.3, -0.25) is 4.79 Å². The van der Waals surface area contributed by atoms with Gasteiger partial charge in [-0.05, 0) is 42.1 Å². The summed E-state index contributed by atoms with van der Waals surface area (Å²) in [4.78, 5) is 16.7. The molecule has 0 aliphatic rings. The molecule has 3 heterocycles. The molecule has 0 aliphatic heterocycles. The predicted molar refractivity (Wildman–Crippen MR) is 123 cm³/mol. The third kappa shape index (κ3) is 5.04. The Morgan fingerprint density at radius 2 is 2.00 bits per heavy atom. The third-order valence-electron chi connectivity index (χ3n) is 4.66. The van der Waals surface area contributed by atoms with Crippen LogP contribution in [0.5, 0.6) is 0 Å². The summed E-state index contributed by atoms with van der Waals surface area (Å²) in [6.45, 7) is 0.545. The minimum atomic E-state index is -3.48. The Morgan fingerprint density at radius 3 is 2.77 bits per heavy atom. The van der Waals surface area contributed by atoms with Crippen molar-refractivity contribution in [3.63, 3.8) is 0 Å². The van der Waals surface area contributed by atoms with Crippen LogP contribution in [-0.4, -0.2) is 37.2 Å². The lowest BCUT2D eigenvalue weighted by atomic mass is 10.3. The number of fused-ring (bicyclic) bond motifs is 1. The molecule has 31 heavy (non-hydrogen) atoms. The zero-order valence-electron chi connectivity index (χ0n) is 16.8. The summed E-state index contributed by atoms with van der Waals surface area (Å²) < 4.78 is 33.3. The van der Waals surface area contributed by atoms with E-state index in [1.165, 1.54) is 22.7 Å². The number of benzene rings is 1. The molecule has 162 valence electrons. The van der Waals surface area contributed by atoms with Crippen molar-refractivity contribution in [1.82, 2.24) is 14.6 Å². The van der Waals surface area contributed by atoms with Crippen LogP contribution in [0, 0.1) is 0 Å². The van der Waals surface area contributed by atoms with Gasteiger partial charge in [-0.25, -0.2) is 17.7 Å². The quantitative estimate of drug-likeness (QED) is 0.389. The van der Waals surface area contributed by atoms with Crippen molar-refractivity contribution in [2.75, 3.05) is 13.6 Å². The summed E-state index contributed by atoms with van der Waals surface area (Å²) in [5.74, 6) is 1.16. The molecule has 0 spiro atoms. The van der Waals surface area contributed by atoms with Gasteiger partial charge in [-0.2, -0.15) is 0 Å². The lowest BCUT2D eigenvalue weighted by Crippen LogP contribution is -2.29. The van der Waals surface area contributed by atoms with Crippen molar-refractivity contribution < 1.29 is 17.6 Å².